The van der Waals surface area contributed by atoms with Crippen molar-refractivity contribution in [2.45, 2.75) is 29.8 Å². The van der Waals surface area contributed by atoms with Crippen LogP contribution in [0.4, 0.5) is 18.9 Å². The van der Waals surface area contributed by atoms with E-state index in [1.54, 1.807) is 0 Å². The first-order chi connectivity index (χ1) is 15.6. The predicted octanol–water partition coefficient (Wildman–Crippen LogP) is 4.82. The van der Waals surface area contributed by atoms with Crippen LogP contribution in [0.2, 0.25) is 5.02 Å². The van der Waals surface area contributed by atoms with Crippen LogP contribution in [-0.2, 0) is 15.0 Å². The fraction of sp³-hybridized carbons (Fsp3) is 0.391. The molecule has 2 fully saturated rings. The molecule has 176 valence electrons. The summed E-state index contributed by atoms with van der Waals surface area (Å²) in [5.74, 6) is -4.43. The summed E-state index contributed by atoms with van der Waals surface area (Å²) < 4.78 is 43.3. The standard InChI is InChI=1S/C23H21Cl2F3N2O3/c1-12(24)3-2-4-15(28)17-18(19(31)32)30-22(8-21(9-22,10-26)11-27)23(17)14-6-5-13(25)7-16(14)29-20(23)33/h2-7,17-18,30H,1,8-11H2,(H,29,33)(H,31,32)/b3-2-,15-4-/t17-,18+,23+/m0/s1. The summed E-state index contributed by atoms with van der Waals surface area (Å²) in [5.41, 5.74) is -3.88. The molecule has 2 spiro atoms. The average Bonchev–Trinajstić information content (AvgIpc) is 3.19. The number of carbonyl (C=O) groups is 2. The number of nitrogens with one attached hydrogen (secondary N) is 2. The lowest BCUT2D eigenvalue weighted by molar-refractivity contribution is -0.140. The summed E-state index contributed by atoms with van der Waals surface area (Å²) in [6.07, 6.45) is 3.24. The number of amides is 1. The zero-order valence-corrected chi connectivity index (χ0v) is 18.8. The fourth-order valence-corrected chi connectivity index (χ4v) is 6.13. The van der Waals surface area contributed by atoms with Crippen LogP contribution < -0.4 is 10.6 Å². The number of aliphatic carboxylic acids is 1. The molecule has 1 amide bonds. The molecule has 0 radical (unpaired) electrons. The monoisotopic (exact) mass is 500 g/mol. The first kappa shape index (κ1) is 23.9. The minimum atomic E-state index is -1.77. The van der Waals surface area contributed by atoms with E-state index in [0.717, 1.165) is 6.08 Å². The molecule has 1 saturated carbocycles. The van der Waals surface area contributed by atoms with Crippen LogP contribution in [0.5, 0.6) is 0 Å². The smallest absolute Gasteiger partial charge is 0.321 e. The van der Waals surface area contributed by atoms with Gasteiger partial charge in [0.25, 0.3) is 0 Å². The first-order valence-electron chi connectivity index (χ1n) is 10.2. The van der Waals surface area contributed by atoms with Gasteiger partial charge in [-0.2, -0.15) is 0 Å². The number of benzene rings is 1. The van der Waals surface area contributed by atoms with Gasteiger partial charge in [0.2, 0.25) is 5.91 Å². The Kier molecular flexibility index (Phi) is 5.91. The van der Waals surface area contributed by atoms with Gasteiger partial charge in [0, 0.05) is 26.7 Å². The number of hydrogen-bond acceptors (Lipinski definition) is 3. The van der Waals surface area contributed by atoms with Crippen LogP contribution in [0.3, 0.4) is 0 Å². The normalized spacial score (nSPS) is 29.4. The molecule has 1 saturated heterocycles. The highest BCUT2D eigenvalue weighted by molar-refractivity contribution is 6.31. The number of anilines is 1. The Morgan fingerprint density at radius 2 is 1.97 bits per heavy atom. The van der Waals surface area contributed by atoms with Crippen LogP contribution in [0.1, 0.15) is 18.4 Å². The summed E-state index contributed by atoms with van der Waals surface area (Å²) in [6.45, 7) is 1.49. The maximum Gasteiger partial charge on any atom is 0.321 e. The van der Waals surface area contributed by atoms with Gasteiger partial charge in [0.05, 0.1) is 19.3 Å². The number of allylic oxidation sites excluding steroid dienone is 4. The zero-order valence-electron chi connectivity index (χ0n) is 17.3. The van der Waals surface area contributed by atoms with Gasteiger partial charge in [0.15, 0.2) is 0 Å². The van der Waals surface area contributed by atoms with Gasteiger partial charge in [-0.05, 0) is 42.7 Å². The summed E-state index contributed by atoms with van der Waals surface area (Å²) in [5, 5.41) is 16.0. The van der Waals surface area contributed by atoms with Gasteiger partial charge < -0.3 is 10.4 Å². The number of hydrogen-bond donors (Lipinski definition) is 3. The summed E-state index contributed by atoms with van der Waals surface area (Å²) in [7, 11) is 0. The highest BCUT2D eigenvalue weighted by Crippen LogP contribution is 2.67. The maximum absolute atomic E-state index is 15.8. The van der Waals surface area contributed by atoms with Crippen molar-refractivity contribution in [2.24, 2.45) is 11.3 Å². The lowest BCUT2D eigenvalue weighted by Crippen LogP contribution is -2.70. The largest absolute Gasteiger partial charge is 0.480 e. The molecular formula is C23H21Cl2F3N2O3. The van der Waals surface area contributed by atoms with E-state index in [1.807, 2.05) is 0 Å². The molecule has 3 atom stereocenters. The van der Waals surface area contributed by atoms with Gasteiger partial charge in [-0.15, -0.1) is 0 Å². The van der Waals surface area contributed by atoms with Gasteiger partial charge in [-0.3, -0.25) is 23.7 Å². The minimum Gasteiger partial charge on any atom is -0.480 e. The molecule has 1 aliphatic carbocycles. The predicted molar refractivity (Wildman–Crippen MR) is 119 cm³/mol. The second-order valence-electron chi connectivity index (χ2n) is 8.95. The molecule has 0 bridgehead atoms. The minimum absolute atomic E-state index is 0.123. The van der Waals surface area contributed by atoms with E-state index in [0.29, 0.717) is 16.3 Å². The number of carboxylic acids is 1. The number of carbonyl (C=O) groups excluding carboxylic acids is 1. The van der Waals surface area contributed by atoms with Crippen LogP contribution in [-0.4, -0.2) is 41.9 Å². The lowest BCUT2D eigenvalue weighted by Gasteiger charge is -2.58. The number of halogens is 5. The molecule has 2 aliphatic heterocycles. The quantitative estimate of drug-likeness (QED) is 0.489. The molecule has 4 rings (SSSR count). The van der Waals surface area contributed by atoms with Crippen molar-refractivity contribution < 1.29 is 27.9 Å². The van der Waals surface area contributed by atoms with Crippen LogP contribution in [0.15, 0.2) is 53.9 Å². The highest BCUT2D eigenvalue weighted by atomic mass is 35.5. The molecule has 3 N–H and O–H groups in total. The molecule has 1 aromatic rings. The summed E-state index contributed by atoms with van der Waals surface area (Å²) in [6, 6.07) is 3.00. The van der Waals surface area contributed by atoms with E-state index < -0.39 is 59.4 Å². The van der Waals surface area contributed by atoms with Crippen molar-refractivity contribution in [3.8, 4) is 0 Å². The summed E-state index contributed by atoms with van der Waals surface area (Å²) in [4.78, 5) is 25.8. The second kappa shape index (κ2) is 8.18. The zero-order chi connectivity index (χ0) is 24.2. The van der Waals surface area contributed by atoms with Gasteiger partial charge in [-0.1, -0.05) is 41.9 Å². The Balaban J connectivity index is 1.96. The van der Waals surface area contributed by atoms with Crippen LogP contribution in [0, 0.1) is 11.3 Å². The first-order valence-corrected chi connectivity index (χ1v) is 10.9. The molecule has 0 aromatic heterocycles. The number of alkyl halides is 2. The van der Waals surface area contributed by atoms with Gasteiger partial charge in [0.1, 0.15) is 17.3 Å². The molecule has 10 heteroatoms. The third kappa shape index (κ3) is 3.33. The number of fused-ring (bicyclic) bond motifs is 3. The van der Waals surface area contributed by atoms with E-state index in [9.17, 15) is 23.5 Å². The van der Waals surface area contributed by atoms with Crippen molar-refractivity contribution in [3.05, 3.63) is 64.5 Å². The second-order valence-corrected chi connectivity index (χ2v) is 9.87. The number of carboxylic acid groups (broad SMARTS) is 1. The number of rotatable bonds is 6. The maximum atomic E-state index is 15.8. The molecule has 2 heterocycles. The molecule has 3 aliphatic rings. The van der Waals surface area contributed by atoms with E-state index in [1.165, 1.54) is 30.4 Å². The van der Waals surface area contributed by atoms with Crippen molar-refractivity contribution in [2.75, 3.05) is 18.7 Å². The van der Waals surface area contributed by atoms with Crippen LogP contribution in [0.25, 0.3) is 0 Å². The average molecular weight is 501 g/mol. The Morgan fingerprint density at radius 3 is 2.55 bits per heavy atom. The Labute approximate surface area is 198 Å². The van der Waals surface area contributed by atoms with E-state index in [2.05, 4.69) is 17.2 Å². The van der Waals surface area contributed by atoms with Gasteiger partial charge >= 0.3 is 5.97 Å². The highest BCUT2D eigenvalue weighted by Gasteiger charge is 2.78. The fourth-order valence-electron chi connectivity index (χ4n) is 5.89. The topological polar surface area (TPSA) is 78.4 Å². The van der Waals surface area contributed by atoms with Crippen molar-refractivity contribution in [3.63, 3.8) is 0 Å². The summed E-state index contributed by atoms with van der Waals surface area (Å²) >= 11 is 11.8. The Hall–Kier alpha value is -2.29. The molecule has 0 unspecified atom stereocenters. The van der Waals surface area contributed by atoms with Crippen molar-refractivity contribution in [1.82, 2.24) is 5.32 Å². The SMILES string of the molecule is C=C(Cl)/C=C\C=C(/F)[C@H]1[C@H](C(=O)O)NC2(CC(CF)(CF)C2)[C@@]12C(=O)Nc1cc(Cl)ccc12. The third-order valence-corrected chi connectivity index (χ3v) is 7.38. The van der Waals surface area contributed by atoms with Crippen molar-refractivity contribution in [1.29, 1.82) is 0 Å². The van der Waals surface area contributed by atoms with E-state index >= 15 is 4.39 Å². The molecular weight excluding hydrogens is 480 g/mol. The molecule has 33 heavy (non-hydrogen) atoms. The van der Waals surface area contributed by atoms with Gasteiger partial charge in [-0.25, -0.2) is 4.39 Å². The third-order valence-electron chi connectivity index (χ3n) is 7.02. The van der Waals surface area contributed by atoms with E-state index in [-0.39, 0.29) is 17.9 Å². The Bertz CT molecular complexity index is 1090. The molecule has 1 aromatic carbocycles. The van der Waals surface area contributed by atoms with Crippen molar-refractivity contribution >= 4 is 40.8 Å². The van der Waals surface area contributed by atoms with Crippen LogP contribution >= 0.6 is 23.2 Å². The lowest BCUT2D eigenvalue weighted by atomic mass is 9.46. The molecule has 5 nitrogen and oxygen atoms in total. The Morgan fingerprint density at radius 1 is 1.30 bits per heavy atom. The van der Waals surface area contributed by atoms with E-state index in [4.69, 9.17) is 23.2 Å².